The van der Waals surface area contributed by atoms with Crippen LogP contribution in [0, 0.1) is 6.92 Å². The molecule has 1 aromatic carbocycles. The molecule has 0 fully saturated rings. The summed E-state index contributed by atoms with van der Waals surface area (Å²) in [5.41, 5.74) is -0.657. The van der Waals surface area contributed by atoms with Crippen LogP contribution < -0.4 is 4.72 Å². The summed E-state index contributed by atoms with van der Waals surface area (Å²) in [5.74, 6) is 0. The summed E-state index contributed by atoms with van der Waals surface area (Å²) in [6.45, 7) is 3.16. The highest BCUT2D eigenvalue weighted by Crippen LogP contribution is 2.26. The van der Waals surface area contributed by atoms with Gasteiger partial charge in [-0.25, -0.2) is 13.1 Å². The topological polar surface area (TPSA) is 66.4 Å². The molecule has 0 bridgehead atoms. The molecule has 2 rings (SSSR count). The van der Waals surface area contributed by atoms with Gasteiger partial charge in [-0.15, -0.1) is 11.3 Å². The van der Waals surface area contributed by atoms with Crippen molar-refractivity contribution in [3.8, 4) is 0 Å². The molecule has 2 aromatic rings. The van der Waals surface area contributed by atoms with Crippen LogP contribution in [0.2, 0.25) is 5.02 Å². The van der Waals surface area contributed by atoms with E-state index >= 15 is 0 Å². The molecule has 0 saturated heterocycles. The highest BCUT2D eigenvalue weighted by molar-refractivity contribution is 7.89. The van der Waals surface area contributed by atoms with Gasteiger partial charge in [0.2, 0.25) is 10.0 Å². The van der Waals surface area contributed by atoms with E-state index in [0.29, 0.717) is 15.5 Å². The fourth-order valence-electron chi connectivity index (χ4n) is 1.85. The van der Waals surface area contributed by atoms with E-state index in [1.165, 1.54) is 17.4 Å². The number of thiophene rings is 1. The van der Waals surface area contributed by atoms with Crippen LogP contribution in [-0.4, -0.2) is 20.1 Å². The van der Waals surface area contributed by atoms with Crippen molar-refractivity contribution in [3.05, 3.63) is 51.2 Å². The number of benzene rings is 1. The Balaban J connectivity index is 2.21. The third-order valence-corrected chi connectivity index (χ3v) is 6.00. The van der Waals surface area contributed by atoms with Crippen molar-refractivity contribution < 1.29 is 13.5 Å². The van der Waals surface area contributed by atoms with Crippen molar-refractivity contribution in [3.63, 3.8) is 0 Å². The van der Waals surface area contributed by atoms with Gasteiger partial charge in [0.05, 0.1) is 4.90 Å². The molecule has 1 aromatic heterocycles. The number of aliphatic hydroxyl groups is 1. The van der Waals surface area contributed by atoms with E-state index < -0.39 is 15.6 Å². The zero-order valence-corrected chi connectivity index (χ0v) is 14.0. The average molecular weight is 346 g/mol. The minimum absolute atomic E-state index is 0.109. The number of rotatable bonds is 5. The summed E-state index contributed by atoms with van der Waals surface area (Å²) in [4.78, 5) is 0.824. The van der Waals surface area contributed by atoms with Gasteiger partial charge < -0.3 is 5.11 Å². The van der Waals surface area contributed by atoms with Crippen LogP contribution in [0.25, 0.3) is 0 Å². The number of nitrogens with one attached hydrogen (secondary N) is 1. The quantitative estimate of drug-likeness (QED) is 0.875. The molecule has 21 heavy (non-hydrogen) atoms. The second-order valence-electron chi connectivity index (χ2n) is 4.99. The van der Waals surface area contributed by atoms with E-state index in [1.807, 2.05) is 11.4 Å². The molecule has 0 radical (unpaired) electrons. The molecule has 0 amide bonds. The van der Waals surface area contributed by atoms with Gasteiger partial charge in [0, 0.05) is 16.4 Å². The first-order valence-electron chi connectivity index (χ1n) is 6.24. The lowest BCUT2D eigenvalue weighted by Crippen LogP contribution is -2.38. The predicted octanol–water partition coefficient (Wildman–Crippen LogP) is 2.90. The summed E-state index contributed by atoms with van der Waals surface area (Å²) in [5, 5.41) is 12.6. The zero-order chi connectivity index (χ0) is 15.7. The van der Waals surface area contributed by atoms with Crippen LogP contribution in [-0.2, 0) is 15.6 Å². The van der Waals surface area contributed by atoms with Crippen molar-refractivity contribution >= 4 is 33.0 Å². The molecule has 0 spiro atoms. The second-order valence-corrected chi connectivity index (χ2v) is 8.11. The molecule has 1 heterocycles. The largest absolute Gasteiger partial charge is 0.383 e. The summed E-state index contributed by atoms with van der Waals surface area (Å²) >= 11 is 7.23. The lowest BCUT2D eigenvalue weighted by molar-refractivity contribution is 0.0666. The maximum absolute atomic E-state index is 12.3. The van der Waals surface area contributed by atoms with Gasteiger partial charge in [0.1, 0.15) is 5.60 Å². The number of hydrogen-bond donors (Lipinski definition) is 2. The van der Waals surface area contributed by atoms with Gasteiger partial charge in [-0.3, -0.25) is 0 Å². The van der Waals surface area contributed by atoms with Crippen LogP contribution in [0.5, 0.6) is 0 Å². The third kappa shape index (κ3) is 3.84. The summed E-state index contributed by atoms with van der Waals surface area (Å²) < 4.78 is 27.1. The van der Waals surface area contributed by atoms with Crippen LogP contribution in [0.15, 0.2) is 40.6 Å². The molecule has 0 aliphatic rings. The highest BCUT2D eigenvalue weighted by Gasteiger charge is 2.27. The third-order valence-electron chi connectivity index (χ3n) is 3.10. The van der Waals surface area contributed by atoms with E-state index in [2.05, 4.69) is 4.72 Å². The lowest BCUT2D eigenvalue weighted by Gasteiger charge is -2.22. The normalized spacial score (nSPS) is 14.9. The van der Waals surface area contributed by atoms with Crippen LogP contribution in [0.1, 0.15) is 17.4 Å². The first kappa shape index (κ1) is 16.5. The minimum atomic E-state index is -3.73. The molecule has 0 aliphatic heterocycles. The Hall–Kier alpha value is -0.920. The second kappa shape index (κ2) is 6.06. The fraction of sp³-hybridized carbons (Fsp3) is 0.286. The van der Waals surface area contributed by atoms with E-state index in [-0.39, 0.29) is 11.4 Å². The van der Waals surface area contributed by atoms with Crippen molar-refractivity contribution in [1.29, 1.82) is 0 Å². The Morgan fingerprint density at radius 3 is 2.71 bits per heavy atom. The van der Waals surface area contributed by atoms with Gasteiger partial charge >= 0.3 is 0 Å². The van der Waals surface area contributed by atoms with Gasteiger partial charge in [0.15, 0.2) is 0 Å². The molecular weight excluding hydrogens is 330 g/mol. The lowest BCUT2D eigenvalue weighted by atomic mass is 10.1. The van der Waals surface area contributed by atoms with Crippen molar-refractivity contribution in [1.82, 2.24) is 4.72 Å². The molecule has 0 aliphatic carbocycles. The van der Waals surface area contributed by atoms with Crippen molar-refractivity contribution in [2.45, 2.75) is 24.3 Å². The SMILES string of the molecule is Cc1ccc(Cl)cc1S(=O)(=O)NCC(C)(O)c1cccs1. The first-order chi connectivity index (χ1) is 9.72. The van der Waals surface area contributed by atoms with Crippen molar-refractivity contribution in [2.24, 2.45) is 0 Å². The molecule has 2 N–H and O–H groups in total. The molecule has 1 unspecified atom stereocenters. The monoisotopic (exact) mass is 345 g/mol. The standard InChI is InChI=1S/C14H16ClNO3S2/c1-10-5-6-11(15)8-12(10)21(18,19)16-9-14(2,17)13-4-3-7-20-13/h3-8,16-17H,9H2,1-2H3. The number of sulfonamides is 1. The summed E-state index contributed by atoms with van der Waals surface area (Å²) in [6, 6.07) is 8.26. The molecule has 1 atom stereocenters. The van der Waals surface area contributed by atoms with Gasteiger partial charge in [-0.2, -0.15) is 0 Å². The average Bonchev–Trinajstić information content (AvgIpc) is 2.94. The zero-order valence-electron chi connectivity index (χ0n) is 11.6. The number of halogens is 1. The Morgan fingerprint density at radius 1 is 1.38 bits per heavy atom. The molecule has 7 heteroatoms. The number of hydrogen-bond acceptors (Lipinski definition) is 4. The maximum Gasteiger partial charge on any atom is 0.240 e. The Bertz CT molecular complexity index is 725. The Morgan fingerprint density at radius 2 is 2.10 bits per heavy atom. The van der Waals surface area contributed by atoms with Gasteiger partial charge in [0.25, 0.3) is 0 Å². The van der Waals surface area contributed by atoms with Gasteiger partial charge in [-0.1, -0.05) is 23.7 Å². The van der Waals surface area contributed by atoms with E-state index in [9.17, 15) is 13.5 Å². The minimum Gasteiger partial charge on any atom is -0.383 e. The maximum atomic E-state index is 12.3. The summed E-state index contributed by atoms with van der Waals surface area (Å²) in [6.07, 6.45) is 0. The Kier molecular flexibility index (Phi) is 4.75. The molecule has 114 valence electrons. The van der Waals surface area contributed by atoms with E-state index in [4.69, 9.17) is 11.6 Å². The van der Waals surface area contributed by atoms with Crippen LogP contribution in [0.3, 0.4) is 0 Å². The van der Waals surface area contributed by atoms with Gasteiger partial charge in [-0.05, 0) is 43.0 Å². The summed E-state index contributed by atoms with van der Waals surface area (Å²) in [7, 11) is -3.73. The van der Waals surface area contributed by atoms with E-state index in [0.717, 1.165) is 0 Å². The smallest absolute Gasteiger partial charge is 0.240 e. The molecule has 0 saturated carbocycles. The van der Waals surface area contributed by atoms with Crippen molar-refractivity contribution in [2.75, 3.05) is 6.54 Å². The Labute approximate surface area is 133 Å². The van der Waals surface area contributed by atoms with Crippen LogP contribution >= 0.6 is 22.9 Å². The number of aryl methyl sites for hydroxylation is 1. The predicted molar refractivity (Wildman–Crippen MR) is 85.3 cm³/mol. The highest BCUT2D eigenvalue weighted by atomic mass is 35.5. The van der Waals surface area contributed by atoms with Crippen LogP contribution in [0.4, 0.5) is 0 Å². The van der Waals surface area contributed by atoms with E-state index in [1.54, 1.807) is 32.0 Å². The fourth-order valence-corrected chi connectivity index (χ4v) is 4.27. The first-order valence-corrected chi connectivity index (χ1v) is 8.99. The molecular formula is C14H16ClNO3S2. The molecule has 4 nitrogen and oxygen atoms in total.